The number of halogens is 2. The van der Waals surface area contributed by atoms with Crippen LogP contribution >= 0.6 is 27.5 Å². The molecule has 1 fully saturated rings. The lowest BCUT2D eigenvalue weighted by atomic mass is 10.2. The maximum Gasteiger partial charge on any atom is 0.233 e. The minimum atomic E-state index is -3.90. The van der Waals surface area contributed by atoms with Crippen LogP contribution in [0.15, 0.2) is 67.3 Å². The van der Waals surface area contributed by atoms with Gasteiger partial charge in [0.1, 0.15) is 0 Å². The Morgan fingerprint density at radius 1 is 1.06 bits per heavy atom. The van der Waals surface area contributed by atoms with Crippen molar-refractivity contribution in [2.45, 2.75) is 16.3 Å². The summed E-state index contributed by atoms with van der Waals surface area (Å²) in [6.07, 6.45) is 0.828. The zero-order valence-electron chi connectivity index (χ0n) is 17.3. The molecule has 3 aromatic rings. The molecule has 2 aromatic carbocycles. The summed E-state index contributed by atoms with van der Waals surface area (Å²) in [5.41, 5.74) is 0.683. The lowest BCUT2D eigenvalue weighted by Gasteiger charge is -2.26. The number of aromatic nitrogens is 1. The second-order valence-corrected chi connectivity index (χ2v) is 10.6. The summed E-state index contributed by atoms with van der Waals surface area (Å²) >= 11 is 9.33. The van der Waals surface area contributed by atoms with Crippen LogP contribution in [0.3, 0.4) is 0 Å². The van der Waals surface area contributed by atoms with Gasteiger partial charge in [-0.05, 0) is 61.5 Å². The van der Waals surface area contributed by atoms with E-state index in [0.717, 1.165) is 43.7 Å². The van der Waals surface area contributed by atoms with Gasteiger partial charge in [0.15, 0.2) is 0 Å². The highest BCUT2D eigenvalue weighted by atomic mass is 79.9. The standard InChI is InChI=1S/C22H23BrClN3O4S/c23-17-4-2-16(3-5-17)20-26-22(32(28,29)19-8-6-18(24)7-9-19)21(31-20)25-10-1-11-27-12-14-30-15-13-27/h2-9,25H,1,10-15H2. The molecule has 0 bridgehead atoms. The van der Waals surface area contributed by atoms with Gasteiger partial charge in [-0.3, -0.25) is 4.90 Å². The third-order valence-corrected chi connectivity index (χ3v) is 7.57. The minimum Gasteiger partial charge on any atom is -0.419 e. The average molecular weight is 541 g/mol. The van der Waals surface area contributed by atoms with E-state index in [9.17, 15) is 8.42 Å². The van der Waals surface area contributed by atoms with Crippen LogP contribution in [0.2, 0.25) is 5.02 Å². The lowest BCUT2D eigenvalue weighted by molar-refractivity contribution is 0.0378. The molecule has 0 amide bonds. The predicted molar refractivity (Wildman–Crippen MR) is 127 cm³/mol. The fourth-order valence-electron chi connectivity index (χ4n) is 3.37. The van der Waals surface area contributed by atoms with E-state index in [1.165, 1.54) is 12.1 Å². The monoisotopic (exact) mass is 539 g/mol. The van der Waals surface area contributed by atoms with Crippen molar-refractivity contribution in [1.29, 1.82) is 0 Å². The first-order chi connectivity index (χ1) is 15.4. The van der Waals surface area contributed by atoms with Gasteiger partial charge in [0, 0.05) is 34.7 Å². The van der Waals surface area contributed by atoms with E-state index in [4.69, 9.17) is 20.8 Å². The molecule has 7 nitrogen and oxygen atoms in total. The number of hydrogen-bond acceptors (Lipinski definition) is 7. The Bertz CT molecular complexity index is 1140. The Hall–Kier alpha value is -1.91. The van der Waals surface area contributed by atoms with Crippen LogP contribution < -0.4 is 5.32 Å². The number of ether oxygens (including phenoxy) is 1. The highest BCUT2D eigenvalue weighted by molar-refractivity contribution is 9.10. The fourth-order valence-corrected chi connectivity index (χ4v) is 5.04. The van der Waals surface area contributed by atoms with E-state index in [2.05, 4.69) is 31.1 Å². The SMILES string of the molecule is O=S(=O)(c1ccc(Cl)cc1)c1nc(-c2ccc(Br)cc2)oc1NCCCN1CCOCC1. The summed E-state index contributed by atoms with van der Waals surface area (Å²) in [5.74, 6) is 0.376. The Kier molecular flexibility index (Phi) is 7.52. The summed E-state index contributed by atoms with van der Waals surface area (Å²) in [5, 5.41) is 3.46. The molecule has 1 aliphatic rings. The van der Waals surface area contributed by atoms with Gasteiger partial charge in [0.25, 0.3) is 0 Å². The largest absolute Gasteiger partial charge is 0.419 e. The molecular formula is C22H23BrClN3O4S. The number of anilines is 1. The normalized spacial score (nSPS) is 15.1. The molecule has 0 unspecified atom stereocenters. The third kappa shape index (κ3) is 5.52. The number of sulfone groups is 1. The zero-order chi connectivity index (χ0) is 22.6. The number of benzene rings is 2. The molecule has 1 aliphatic heterocycles. The predicted octanol–water partition coefficient (Wildman–Crippen LogP) is 4.72. The van der Waals surface area contributed by atoms with E-state index >= 15 is 0 Å². The van der Waals surface area contributed by atoms with E-state index in [1.807, 2.05) is 24.3 Å². The van der Waals surface area contributed by atoms with Gasteiger partial charge in [0.05, 0.1) is 18.1 Å². The molecule has 32 heavy (non-hydrogen) atoms. The lowest BCUT2D eigenvalue weighted by Crippen LogP contribution is -2.37. The number of hydrogen-bond donors (Lipinski definition) is 1. The van der Waals surface area contributed by atoms with Crippen LogP contribution in [-0.2, 0) is 14.6 Å². The van der Waals surface area contributed by atoms with Gasteiger partial charge in [-0.2, -0.15) is 4.98 Å². The quantitative estimate of drug-likeness (QED) is 0.414. The van der Waals surface area contributed by atoms with Crippen molar-refractivity contribution in [3.05, 3.63) is 58.0 Å². The fraction of sp³-hybridized carbons (Fsp3) is 0.318. The second kappa shape index (κ2) is 10.4. The number of nitrogens with zero attached hydrogens (tertiary/aromatic N) is 2. The molecule has 10 heteroatoms. The van der Waals surface area contributed by atoms with Gasteiger partial charge in [0.2, 0.25) is 26.6 Å². The van der Waals surface area contributed by atoms with E-state index < -0.39 is 9.84 Å². The molecule has 170 valence electrons. The number of nitrogens with one attached hydrogen (secondary N) is 1. The molecule has 0 atom stereocenters. The van der Waals surface area contributed by atoms with Crippen molar-refractivity contribution in [2.24, 2.45) is 0 Å². The molecule has 0 spiro atoms. The first kappa shape index (κ1) is 23.3. The van der Waals surface area contributed by atoms with Gasteiger partial charge >= 0.3 is 0 Å². The Morgan fingerprint density at radius 3 is 2.44 bits per heavy atom. The summed E-state index contributed by atoms with van der Waals surface area (Å²) in [6.45, 7) is 4.75. The summed E-state index contributed by atoms with van der Waals surface area (Å²) in [7, 11) is -3.90. The average Bonchev–Trinajstić information content (AvgIpc) is 3.23. The van der Waals surface area contributed by atoms with Gasteiger partial charge in [-0.15, -0.1) is 0 Å². The van der Waals surface area contributed by atoms with E-state index in [1.54, 1.807) is 12.1 Å². The summed E-state index contributed by atoms with van der Waals surface area (Å²) in [6, 6.07) is 13.3. The summed E-state index contributed by atoms with van der Waals surface area (Å²) in [4.78, 5) is 6.79. The molecule has 1 N–H and O–H groups in total. The van der Waals surface area contributed by atoms with Crippen LogP contribution in [0, 0.1) is 0 Å². The molecular weight excluding hydrogens is 518 g/mol. The molecule has 1 saturated heterocycles. The molecule has 2 heterocycles. The highest BCUT2D eigenvalue weighted by Gasteiger charge is 2.28. The van der Waals surface area contributed by atoms with E-state index in [0.29, 0.717) is 17.1 Å². The topological polar surface area (TPSA) is 84.7 Å². The maximum atomic E-state index is 13.3. The third-order valence-electron chi connectivity index (χ3n) is 5.11. The molecule has 0 saturated carbocycles. The van der Waals surface area contributed by atoms with Crippen molar-refractivity contribution in [3.8, 4) is 11.5 Å². The summed E-state index contributed by atoms with van der Waals surface area (Å²) < 4.78 is 38.8. The maximum absolute atomic E-state index is 13.3. The van der Waals surface area contributed by atoms with Crippen molar-refractivity contribution in [2.75, 3.05) is 44.7 Å². The van der Waals surface area contributed by atoms with Crippen molar-refractivity contribution < 1.29 is 17.6 Å². The highest BCUT2D eigenvalue weighted by Crippen LogP contribution is 2.33. The molecule has 1 aromatic heterocycles. The Labute approximate surface area is 200 Å². The molecule has 4 rings (SSSR count). The minimum absolute atomic E-state index is 0.105. The van der Waals surface area contributed by atoms with Gasteiger partial charge in [-0.25, -0.2) is 8.42 Å². The number of oxazole rings is 1. The number of morpholine rings is 1. The van der Waals surface area contributed by atoms with Crippen LogP contribution in [0.1, 0.15) is 6.42 Å². The first-order valence-electron chi connectivity index (χ1n) is 10.2. The van der Waals surface area contributed by atoms with Crippen LogP contribution in [0.25, 0.3) is 11.5 Å². The number of rotatable bonds is 8. The van der Waals surface area contributed by atoms with Gasteiger partial charge in [-0.1, -0.05) is 27.5 Å². The van der Waals surface area contributed by atoms with Crippen molar-refractivity contribution >= 4 is 43.3 Å². The van der Waals surface area contributed by atoms with E-state index in [-0.39, 0.29) is 21.7 Å². The molecule has 0 radical (unpaired) electrons. The van der Waals surface area contributed by atoms with Crippen molar-refractivity contribution in [3.63, 3.8) is 0 Å². The van der Waals surface area contributed by atoms with Crippen LogP contribution in [-0.4, -0.2) is 57.7 Å². The first-order valence-corrected chi connectivity index (χ1v) is 12.9. The smallest absolute Gasteiger partial charge is 0.233 e. The Balaban J connectivity index is 1.58. The van der Waals surface area contributed by atoms with Crippen LogP contribution in [0.5, 0.6) is 0 Å². The van der Waals surface area contributed by atoms with Crippen LogP contribution in [0.4, 0.5) is 5.88 Å². The zero-order valence-corrected chi connectivity index (χ0v) is 20.4. The second-order valence-electron chi connectivity index (χ2n) is 7.35. The van der Waals surface area contributed by atoms with Crippen molar-refractivity contribution in [1.82, 2.24) is 9.88 Å². The van der Waals surface area contributed by atoms with Gasteiger partial charge < -0.3 is 14.5 Å². The molecule has 0 aliphatic carbocycles. The Morgan fingerprint density at radius 2 is 1.75 bits per heavy atom.